The number of hydrazone groups is 1. The highest BCUT2D eigenvalue weighted by molar-refractivity contribution is 9.10. The molecule has 3 N–H and O–H groups in total. The average molecular weight is 461 g/mol. The summed E-state index contributed by atoms with van der Waals surface area (Å²) in [5.74, 6) is -1.62. The number of aryl methyl sites for hydroxylation is 2. The van der Waals surface area contributed by atoms with Crippen LogP contribution in [0.1, 0.15) is 16.7 Å². The Morgan fingerprint density at radius 3 is 2.59 bits per heavy atom. The number of carbonyl (C=O) groups is 3. The molecule has 0 saturated heterocycles. The second kappa shape index (κ2) is 10.4. The highest BCUT2D eigenvalue weighted by atomic mass is 79.9. The highest BCUT2D eigenvalue weighted by Gasteiger charge is 2.11. The van der Waals surface area contributed by atoms with E-state index in [9.17, 15) is 14.4 Å². The van der Waals surface area contributed by atoms with Gasteiger partial charge in [-0.05, 0) is 49.2 Å². The number of carbonyl (C=O) groups excluding carboxylic acids is 3. The van der Waals surface area contributed by atoms with E-state index in [1.54, 1.807) is 18.2 Å². The zero-order chi connectivity index (χ0) is 21.4. The van der Waals surface area contributed by atoms with Gasteiger partial charge in [-0.15, -0.1) is 0 Å². The molecule has 9 heteroatoms. The number of benzene rings is 2. The third-order valence-corrected chi connectivity index (χ3v) is 4.29. The van der Waals surface area contributed by atoms with Crippen LogP contribution < -0.4 is 20.8 Å². The Labute approximate surface area is 176 Å². The van der Waals surface area contributed by atoms with Gasteiger partial charge in [0.2, 0.25) is 0 Å². The summed E-state index contributed by atoms with van der Waals surface area (Å²) in [6.07, 6.45) is 1.32. The van der Waals surface area contributed by atoms with E-state index in [0.717, 1.165) is 21.3 Å². The van der Waals surface area contributed by atoms with Gasteiger partial charge in [0.25, 0.3) is 5.91 Å². The maximum atomic E-state index is 12.3. The molecule has 29 heavy (non-hydrogen) atoms. The molecular formula is C20H21BrN4O4. The van der Waals surface area contributed by atoms with Gasteiger partial charge < -0.3 is 15.4 Å². The van der Waals surface area contributed by atoms with Gasteiger partial charge in [0.05, 0.1) is 6.21 Å². The monoisotopic (exact) mass is 460 g/mol. The van der Waals surface area contributed by atoms with Crippen LogP contribution in [0.5, 0.6) is 5.75 Å². The number of halogens is 1. The molecule has 0 fully saturated rings. The molecule has 0 aliphatic rings. The van der Waals surface area contributed by atoms with Crippen LogP contribution in [-0.2, 0) is 14.4 Å². The molecule has 0 bridgehead atoms. The first kappa shape index (κ1) is 22.1. The number of nitrogens with zero attached hydrogens (tertiary/aromatic N) is 1. The van der Waals surface area contributed by atoms with Crippen molar-refractivity contribution in [1.82, 2.24) is 10.7 Å². The molecule has 152 valence electrons. The van der Waals surface area contributed by atoms with Crippen LogP contribution in [0, 0.1) is 13.8 Å². The average Bonchev–Trinajstić information content (AvgIpc) is 2.69. The summed E-state index contributed by atoms with van der Waals surface area (Å²) in [7, 11) is 1.34. The van der Waals surface area contributed by atoms with Crippen LogP contribution in [0.2, 0.25) is 0 Å². The van der Waals surface area contributed by atoms with Crippen molar-refractivity contribution in [2.75, 3.05) is 19.0 Å². The minimum atomic E-state index is -0.894. The summed E-state index contributed by atoms with van der Waals surface area (Å²) in [6.45, 7) is 3.65. The Morgan fingerprint density at radius 2 is 1.86 bits per heavy atom. The van der Waals surface area contributed by atoms with Crippen molar-refractivity contribution in [1.29, 1.82) is 0 Å². The summed E-state index contributed by atoms with van der Waals surface area (Å²) in [4.78, 5) is 34.9. The van der Waals surface area contributed by atoms with Crippen molar-refractivity contribution >= 4 is 45.6 Å². The first-order valence-electron chi connectivity index (χ1n) is 8.64. The molecule has 3 amide bonds. The van der Waals surface area contributed by atoms with E-state index < -0.39 is 11.8 Å². The number of hydrogen-bond donors (Lipinski definition) is 3. The van der Waals surface area contributed by atoms with Crippen LogP contribution in [0.15, 0.2) is 46.0 Å². The summed E-state index contributed by atoms with van der Waals surface area (Å²) < 4.78 is 6.36. The number of amides is 3. The standard InChI is InChI=1S/C20H21BrN4O4/c1-12-4-5-13(2)16(8-12)24-18(26)11-29-17-7-6-15(21)9-14(17)10-23-25-20(28)19(27)22-3/h4-10H,11H2,1-3H3,(H,22,27)(H,24,26)(H,25,28)/b23-10-. The number of anilines is 1. The van der Waals surface area contributed by atoms with Gasteiger partial charge in [-0.25, -0.2) is 5.43 Å². The summed E-state index contributed by atoms with van der Waals surface area (Å²) in [6, 6.07) is 10.9. The van der Waals surface area contributed by atoms with Gasteiger partial charge in [0.15, 0.2) is 6.61 Å². The van der Waals surface area contributed by atoms with Crippen LogP contribution in [0.3, 0.4) is 0 Å². The summed E-state index contributed by atoms with van der Waals surface area (Å²) in [5, 5.41) is 8.76. The van der Waals surface area contributed by atoms with E-state index >= 15 is 0 Å². The SMILES string of the molecule is CNC(=O)C(=O)N/N=C\c1cc(Br)ccc1OCC(=O)Nc1cc(C)ccc1C. The van der Waals surface area contributed by atoms with Gasteiger partial charge in [-0.3, -0.25) is 14.4 Å². The molecule has 0 unspecified atom stereocenters. The van der Waals surface area contributed by atoms with Crippen LogP contribution in [0.25, 0.3) is 0 Å². The van der Waals surface area contributed by atoms with E-state index in [1.807, 2.05) is 32.0 Å². The Bertz CT molecular complexity index is 959. The van der Waals surface area contributed by atoms with Crippen molar-refractivity contribution in [3.63, 3.8) is 0 Å². The smallest absolute Gasteiger partial charge is 0.329 e. The van der Waals surface area contributed by atoms with Crippen molar-refractivity contribution in [3.05, 3.63) is 57.6 Å². The van der Waals surface area contributed by atoms with Crippen molar-refractivity contribution in [2.45, 2.75) is 13.8 Å². The summed E-state index contributed by atoms with van der Waals surface area (Å²) in [5.41, 5.74) is 5.34. The predicted molar refractivity (Wildman–Crippen MR) is 114 cm³/mol. The lowest BCUT2D eigenvalue weighted by Gasteiger charge is -2.12. The zero-order valence-corrected chi connectivity index (χ0v) is 17.8. The Morgan fingerprint density at radius 1 is 1.10 bits per heavy atom. The largest absolute Gasteiger partial charge is 0.483 e. The Balaban J connectivity index is 2.03. The Kier molecular flexibility index (Phi) is 7.90. The minimum absolute atomic E-state index is 0.208. The molecule has 8 nitrogen and oxygen atoms in total. The number of rotatable bonds is 6. The number of nitrogens with one attached hydrogen (secondary N) is 3. The number of ether oxygens (including phenoxy) is 1. The lowest BCUT2D eigenvalue weighted by atomic mass is 10.1. The summed E-state index contributed by atoms with van der Waals surface area (Å²) >= 11 is 3.34. The molecule has 2 rings (SSSR count). The first-order chi connectivity index (χ1) is 13.8. The lowest BCUT2D eigenvalue weighted by molar-refractivity contribution is -0.138. The molecule has 0 heterocycles. The lowest BCUT2D eigenvalue weighted by Crippen LogP contribution is -2.35. The second-order valence-corrected chi connectivity index (χ2v) is 7.03. The number of likely N-dealkylation sites (N-methyl/N-ethyl adjacent to an activating group) is 1. The Hall–Kier alpha value is -3.20. The van der Waals surface area contributed by atoms with E-state index in [-0.39, 0.29) is 12.5 Å². The molecule has 0 atom stereocenters. The van der Waals surface area contributed by atoms with Gasteiger partial charge in [0, 0.05) is 22.8 Å². The molecule has 0 aliphatic carbocycles. The van der Waals surface area contributed by atoms with E-state index in [2.05, 4.69) is 37.1 Å². The molecular weight excluding hydrogens is 440 g/mol. The van der Waals surface area contributed by atoms with Gasteiger partial charge >= 0.3 is 11.8 Å². The minimum Gasteiger partial charge on any atom is -0.483 e. The zero-order valence-electron chi connectivity index (χ0n) is 16.2. The quantitative estimate of drug-likeness (QED) is 0.349. The van der Waals surface area contributed by atoms with E-state index in [4.69, 9.17) is 4.74 Å². The van der Waals surface area contributed by atoms with Crippen LogP contribution in [-0.4, -0.2) is 37.6 Å². The topological polar surface area (TPSA) is 109 Å². The first-order valence-corrected chi connectivity index (χ1v) is 9.44. The normalized spacial score (nSPS) is 10.5. The van der Waals surface area contributed by atoms with Gasteiger partial charge in [0.1, 0.15) is 5.75 Å². The van der Waals surface area contributed by atoms with Gasteiger partial charge in [-0.2, -0.15) is 5.10 Å². The fourth-order valence-electron chi connectivity index (χ4n) is 2.28. The highest BCUT2D eigenvalue weighted by Crippen LogP contribution is 2.22. The van der Waals surface area contributed by atoms with Crippen molar-refractivity contribution in [2.24, 2.45) is 5.10 Å². The second-order valence-electron chi connectivity index (χ2n) is 6.12. The molecule has 0 aromatic heterocycles. The van der Waals surface area contributed by atoms with Gasteiger partial charge in [-0.1, -0.05) is 28.1 Å². The molecule has 0 aliphatic heterocycles. The van der Waals surface area contributed by atoms with Crippen molar-refractivity contribution in [3.8, 4) is 5.75 Å². The molecule has 0 saturated carbocycles. The number of hydrogen-bond acceptors (Lipinski definition) is 5. The third-order valence-electron chi connectivity index (χ3n) is 3.80. The van der Waals surface area contributed by atoms with E-state index in [0.29, 0.717) is 11.3 Å². The fraction of sp³-hybridized carbons (Fsp3) is 0.200. The maximum absolute atomic E-state index is 12.3. The molecule has 2 aromatic rings. The molecule has 0 radical (unpaired) electrons. The third kappa shape index (κ3) is 6.72. The van der Waals surface area contributed by atoms with Crippen LogP contribution >= 0.6 is 15.9 Å². The van der Waals surface area contributed by atoms with Crippen molar-refractivity contribution < 1.29 is 19.1 Å². The fourth-order valence-corrected chi connectivity index (χ4v) is 2.66. The van der Waals surface area contributed by atoms with E-state index in [1.165, 1.54) is 13.3 Å². The molecule has 0 spiro atoms. The molecule has 2 aromatic carbocycles. The predicted octanol–water partition coefficient (Wildman–Crippen LogP) is 2.28. The maximum Gasteiger partial charge on any atom is 0.329 e. The van der Waals surface area contributed by atoms with Crippen LogP contribution in [0.4, 0.5) is 5.69 Å².